The summed E-state index contributed by atoms with van der Waals surface area (Å²) in [5, 5.41) is 10.3. The van der Waals surface area contributed by atoms with Crippen LogP contribution in [0.2, 0.25) is 10.0 Å². The molecular formula is C22H25Cl2NO5. The lowest BCUT2D eigenvalue weighted by molar-refractivity contribution is -0.143. The van der Waals surface area contributed by atoms with Crippen LogP contribution in [-0.2, 0) is 4.79 Å². The van der Waals surface area contributed by atoms with Gasteiger partial charge in [-0.1, -0.05) is 29.3 Å². The first-order chi connectivity index (χ1) is 14.4. The molecule has 0 amide bonds. The average Bonchev–Trinajstić information content (AvgIpc) is 2.75. The van der Waals surface area contributed by atoms with Crippen LogP contribution in [-0.4, -0.2) is 50.4 Å². The standard InChI is InChI=1S/C22H25Cl2NO5/c1-28-18-11-15(12-19(29-2)21(18)30-3)20(14-4-5-16(23)17(24)10-14)25-8-6-13(7-9-25)22(26)27/h4-5,10-13,20H,6-9H2,1-3H3,(H,26,27). The van der Waals surface area contributed by atoms with Crippen LogP contribution >= 0.6 is 23.2 Å². The topological polar surface area (TPSA) is 68.2 Å². The van der Waals surface area contributed by atoms with Crippen molar-refractivity contribution in [2.24, 2.45) is 5.92 Å². The highest BCUT2D eigenvalue weighted by molar-refractivity contribution is 6.42. The van der Waals surface area contributed by atoms with E-state index in [1.807, 2.05) is 24.3 Å². The Morgan fingerprint density at radius 2 is 1.57 bits per heavy atom. The van der Waals surface area contributed by atoms with Gasteiger partial charge in [-0.25, -0.2) is 0 Å². The first-order valence-corrected chi connectivity index (χ1v) is 10.4. The highest BCUT2D eigenvalue weighted by Crippen LogP contribution is 2.43. The highest BCUT2D eigenvalue weighted by atomic mass is 35.5. The highest BCUT2D eigenvalue weighted by Gasteiger charge is 2.31. The minimum atomic E-state index is -0.742. The van der Waals surface area contributed by atoms with Crippen LogP contribution in [0.15, 0.2) is 30.3 Å². The number of carboxylic acids is 1. The van der Waals surface area contributed by atoms with Crippen molar-refractivity contribution < 1.29 is 24.1 Å². The molecule has 0 radical (unpaired) electrons. The van der Waals surface area contributed by atoms with E-state index in [0.717, 1.165) is 11.1 Å². The van der Waals surface area contributed by atoms with Crippen LogP contribution in [0.25, 0.3) is 0 Å². The number of likely N-dealkylation sites (tertiary alicyclic amines) is 1. The molecule has 2 aromatic carbocycles. The normalized spacial score (nSPS) is 16.2. The van der Waals surface area contributed by atoms with Gasteiger partial charge >= 0.3 is 5.97 Å². The number of ether oxygens (including phenoxy) is 3. The molecule has 1 heterocycles. The van der Waals surface area contributed by atoms with E-state index in [1.54, 1.807) is 27.4 Å². The van der Waals surface area contributed by atoms with Crippen LogP contribution in [0.1, 0.15) is 30.0 Å². The first-order valence-electron chi connectivity index (χ1n) is 9.61. The molecule has 1 N–H and O–H groups in total. The third-order valence-corrected chi connectivity index (χ3v) is 6.25. The fourth-order valence-electron chi connectivity index (χ4n) is 3.96. The molecule has 1 saturated heterocycles. The van der Waals surface area contributed by atoms with Crippen molar-refractivity contribution in [2.45, 2.75) is 18.9 Å². The van der Waals surface area contributed by atoms with E-state index in [9.17, 15) is 9.90 Å². The van der Waals surface area contributed by atoms with E-state index in [4.69, 9.17) is 37.4 Å². The number of aliphatic carboxylic acids is 1. The van der Waals surface area contributed by atoms with Gasteiger partial charge in [0.15, 0.2) is 11.5 Å². The Balaban J connectivity index is 2.08. The summed E-state index contributed by atoms with van der Waals surface area (Å²) in [7, 11) is 4.72. The minimum Gasteiger partial charge on any atom is -0.493 e. The van der Waals surface area contributed by atoms with Crippen LogP contribution in [0.5, 0.6) is 17.2 Å². The van der Waals surface area contributed by atoms with Crippen LogP contribution in [0.4, 0.5) is 0 Å². The van der Waals surface area contributed by atoms with Gasteiger partial charge in [0.05, 0.1) is 43.3 Å². The molecule has 1 aliphatic heterocycles. The number of methoxy groups -OCH3 is 3. The zero-order valence-electron chi connectivity index (χ0n) is 17.2. The molecule has 1 atom stereocenters. The van der Waals surface area contributed by atoms with Gasteiger partial charge in [0.1, 0.15) is 0 Å². The molecule has 1 fully saturated rings. The molecule has 0 saturated carbocycles. The van der Waals surface area contributed by atoms with Gasteiger partial charge in [0.2, 0.25) is 5.75 Å². The lowest BCUT2D eigenvalue weighted by Gasteiger charge is -2.37. The molecule has 1 unspecified atom stereocenters. The second-order valence-corrected chi connectivity index (χ2v) is 8.00. The zero-order valence-corrected chi connectivity index (χ0v) is 18.7. The van der Waals surface area contributed by atoms with Crippen molar-refractivity contribution in [1.82, 2.24) is 4.90 Å². The summed E-state index contributed by atoms with van der Waals surface area (Å²) in [5.41, 5.74) is 1.88. The maximum atomic E-state index is 11.4. The Labute approximate surface area is 186 Å². The maximum Gasteiger partial charge on any atom is 0.306 e. The van der Waals surface area contributed by atoms with E-state index in [0.29, 0.717) is 53.2 Å². The maximum absolute atomic E-state index is 11.4. The smallest absolute Gasteiger partial charge is 0.306 e. The molecule has 30 heavy (non-hydrogen) atoms. The van der Waals surface area contributed by atoms with E-state index in [-0.39, 0.29) is 12.0 Å². The van der Waals surface area contributed by atoms with Crippen molar-refractivity contribution >= 4 is 29.2 Å². The SMILES string of the molecule is COc1cc(C(c2ccc(Cl)c(Cl)c2)N2CCC(C(=O)O)CC2)cc(OC)c1OC. The average molecular weight is 454 g/mol. The summed E-state index contributed by atoms with van der Waals surface area (Å²) in [6, 6.07) is 9.21. The largest absolute Gasteiger partial charge is 0.493 e. The zero-order chi connectivity index (χ0) is 21.8. The Morgan fingerprint density at radius 1 is 0.967 bits per heavy atom. The van der Waals surface area contributed by atoms with Crippen LogP contribution in [0.3, 0.4) is 0 Å². The second kappa shape index (κ2) is 9.77. The number of halogens is 2. The van der Waals surface area contributed by atoms with Gasteiger partial charge in [-0.05, 0) is 61.3 Å². The predicted molar refractivity (Wildman–Crippen MR) is 116 cm³/mol. The van der Waals surface area contributed by atoms with E-state index in [2.05, 4.69) is 4.90 Å². The molecule has 6 nitrogen and oxygen atoms in total. The molecule has 0 bridgehead atoms. The number of piperidine rings is 1. The van der Waals surface area contributed by atoms with Gasteiger partial charge < -0.3 is 19.3 Å². The third-order valence-electron chi connectivity index (χ3n) is 5.51. The monoisotopic (exact) mass is 453 g/mol. The lowest BCUT2D eigenvalue weighted by Crippen LogP contribution is -2.39. The number of hydrogen-bond acceptors (Lipinski definition) is 5. The molecular weight excluding hydrogens is 429 g/mol. The summed E-state index contributed by atoms with van der Waals surface area (Å²) < 4.78 is 16.5. The Bertz CT molecular complexity index is 887. The predicted octanol–water partition coefficient (Wildman–Crippen LogP) is 4.91. The van der Waals surface area contributed by atoms with Crippen LogP contribution in [0, 0.1) is 5.92 Å². The van der Waals surface area contributed by atoms with Crippen molar-refractivity contribution in [3.63, 3.8) is 0 Å². The minimum absolute atomic E-state index is 0.178. The van der Waals surface area contributed by atoms with Gasteiger partial charge in [-0.2, -0.15) is 0 Å². The Kier molecular flexibility index (Phi) is 7.34. The van der Waals surface area contributed by atoms with E-state index < -0.39 is 5.97 Å². The van der Waals surface area contributed by atoms with Gasteiger partial charge in [-0.3, -0.25) is 9.69 Å². The first kappa shape index (κ1) is 22.5. The van der Waals surface area contributed by atoms with Crippen molar-refractivity contribution in [3.05, 3.63) is 51.5 Å². The van der Waals surface area contributed by atoms with E-state index in [1.165, 1.54) is 0 Å². The van der Waals surface area contributed by atoms with Gasteiger partial charge in [-0.15, -0.1) is 0 Å². The van der Waals surface area contributed by atoms with Gasteiger partial charge in [0.25, 0.3) is 0 Å². The molecule has 2 aromatic rings. The summed E-state index contributed by atoms with van der Waals surface area (Å²) in [4.78, 5) is 13.6. The summed E-state index contributed by atoms with van der Waals surface area (Å²) in [5.74, 6) is 0.556. The quantitative estimate of drug-likeness (QED) is 0.642. The summed E-state index contributed by atoms with van der Waals surface area (Å²) in [6.45, 7) is 1.27. The van der Waals surface area contributed by atoms with Gasteiger partial charge in [0, 0.05) is 0 Å². The lowest BCUT2D eigenvalue weighted by atomic mass is 9.91. The second-order valence-electron chi connectivity index (χ2n) is 7.18. The number of benzene rings is 2. The number of rotatable bonds is 7. The fraction of sp³-hybridized carbons (Fsp3) is 0.409. The molecule has 1 aliphatic rings. The van der Waals surface area contributed by atoms with E-state index >= 15 is 0 Å². The Hall–Kier alpha value is -2.15. The third kappa shape index (κ3) is 4.61. The van der Waals surface area contributed by atoms with Crippen molar-refractivity contribution in [2.75, 3.05) is 34.4 Å². The molecule has 0 aliphatic carbocycles. The molecule has 0 spiro atoms. The number of nitrogens with zero attached hydrogens (tertiary/aromatic N) is 1. The number of hydrogen-bond donors (Lipinski definition) is 1. The molecule has 0 aromatic heterocycles. The molecule has 8 heteroatoms. The molecule has 162 valence electrons. The summed E-state index contributed by atoms with van der Waals surface area (Å²) in [6.07, 6.45) is 1.16. The fourth-order valence-corrected chi connectivity index (χ4v) is 4.27. The van der Waals surface area contributed by atoms with Crippen LogP contribution < -0.4 is 14.2 Å². The number of carboxylic acid groups (broad SMARTS) is 1. The number of carbonyl (C=O) groups is 1. The summed E-state index contributed by atoms with van der Waals surface area (Å²) >= 11 is 12.5. The molecule has 3 rings (SSSR count). The Morgan fingerprint density at radius 3 is 2.03 bits per heavy atom. The van der Waals surface area contributed by atoms with Crippen molar-refractivity contribution in [1.29, 1.82) is 0 Å². The van der Waals surface area contributed by atoms with Crippen molar-refractivity contribution in [3.8, 4) is 17.2 Å².